The average Bonchev–Trinajstić information content (AvgIpc) is 3.18. The zero-order chi connectivity index (χ0) is 14.7. The number of rotatable bonds is 5. The fourth-order valence-electron chi connectivity index (χ4n) is 2.31. The molecule has 0 aliphatic rings. The fourth-order valence-corrected chi connectivity index (χ4v) is 2.96. The molecular formula is C16H18N4S. The molecule has 0 N–H and O–H groups in total. The monoisotopic (exact) mass is 298 g/mol. The van der Waals surface area contributed by atoms with E-state index >= 15 is 0 Å². The summed E-state index contributed by atoms with van der Waals surface area (Å²) in [5.41, 5.74) is 2.32. The van der Waals surface area contributed by atoms with Crippen LogP contribution < -0.4 is 0 Å². The van der Waals surface area contributed by atoms with Crippen LogP contribution >= 0.6 is 11.3 Å². The molecule has 0 unspecified atom stereocenters. The largest absolute Gasteiger partial charge is 0.296 e. The van der Waals surface area contributed by atoms with Crippen molar-refractivity contribution in [1.82, 2.24) is 19.4 Å². The molecule has 3 aromatic rings. The van der Waals surface area contributed by atoms with Gasteiger partial charge in [-0.3, -0.25) is 14.5 Å². The highest BCUT2D eigenvalue weighted by Gasteiger charge is 2.15. The lowest BCUT2D eigenvalue weighted by atomic mass is 10.2. The molecule has 4 nitrogen and oxygen atoms in total. The second-order valence-corrected chi connectivity index (χ2v) is 5.90. The number of aromatic nitrogens is 3. The van der Waals surface area contributed by atoms with Crippen molar-refractivity contribution in [2.75, 3.05) is 7.05 Å². The van der Waals surface area contributed by atoms with E-state index in [1.165, 1.54) is 5.69 Å². The van der Waals surface area contributed by atoms with Crippen molar-refractivity contribution in [3.63, 3.8) is 0 Å². The minimum absolute atomic E-state index is 0.269. The van der Waals surface area contributed by atoms with Crippen LogP contribution in [0.25, 0.3) is 5.13 Å². The van der Waals surface area contributed by atoms with Crippen LogP contribution in [0.4, 0.5) is 0 Å². The second kappa shape index (κ2) is 6.20. The van der Waals surface area contributed by atoms with Gasteiger partial charge in [0.25, 0.3) is 0 Å². The molecule has 0 fully saturated rings. The highest BCUT2D eigenvalue weighted by Crippen LogP contribution is 2.21. The van der Waals surface area contributed by atoms with Crippen molar-refractivity contribution in [2.45, 2.75) is 19.5 Å². The standard InChI is InChI=1S/C16H18N4S/c1-13(15-7-3-4-8-17-15)19(2)12-14-6-5-10-20(14)16-18-9-11-21-16/h3-11,13H,12H2,1-2H3/t13-/m1/s1. The summed E-state index contributed by atoms with van der Waals surface area (Å²) in [6, 6.07) is 10.5. The molecular weight excluding hydrogens is 280 g/mol. The van der Waals surface area contributed by atoms with Gasteiger partial charge in [-0.1, -0.05) is 6.07 Å². The highest BCUT2D eigenvalue weighted by atomic mass is 32.1. The fraction of sp³-hybridized carbons (Fsp3) is 0.250. The molecule has 3 aromatic heterocycles. The molecule has 0 spiro atoms. The smallest absolute Gasteiger partial charge is 0.193 e. The van der Waals surface area contributed by atoms with Gasteiger partial charge >= 0.3 is 0 Å². The number of thiazole rings is 1. The number of nitrogens with zero attached hydrogens (tertiary/aromatic N) is 4. The molecule has 0 aliphatic carbocycles. The Labute approximate surface area is 128 Å². The predicted molar refractivity (Wildman–Crippen MR) is 85.6 cm³/mol. The summed E-state index contributed by atoms with van der Waals surface area (Å²) in [4.78, 5) is 11.1. The minimum atomic E-state index is 0.269. The summed E-state index contributed by atoms with van der Waals surface area (Å²) < 4.78 is 2.15. The third kappa shape index (κ3) is 3.04. The summed E-state index contributed by atoms with van der Waals surface area (Å²) in [5.74, 6) is 0. The lowest BCUT2D eigenvalue weighted by molar-refractivity contribution is 0.244. The van der Waals surface area contributed by atoms with Crippen molar-refractivity contribution < 1.29 is 0 Å². The zero-order valence-corrected chi connectivity index (χ0v) is 13.0. The normalized spacial score (nSPS) is 12.7. The van der Waals surface area contributed by atoms with Crippen LogP contribution in [-0.2, 0) is 6.54 Å². The Morgan fingerprint density at radius 1 is 1.19 bits per heavy atom. The molecule has 0 aliphatic heterocycles. The molecule has 1 atom stereocenters. The first-order chi connectivity index (χ1) is 10.3. The molecule has 3 heterocycles. The van der Waals surface area contributed by atoms with Gasteiger partial charge in [-0.05, 0) is 38.2 Å². The van der Waals surface area contributed by atoms with Gasteiger partial charge in [-0.15, -0.1) is 11.3 Å². The summed E-state index contributed by atoms with van der Waals surface area (Å²) in [6.45, 7) is 3.03. The Morgan fingerprint density at radius 3 is 2.81 bits per heavy atom. The van der Waals surface area contributed by atoms with Crippen molar-refractivity contribution in [3.8, 4) is 5.13 Å². The van der Waals surface area contributed by atoms with Gasteiger partial charge in [-0.25, -0.2) is 4.98 Å². The van der Waals surface area contributed by atoms with Crippen LogP contribution in [-0.4, -0.2) is 26.5 Å². The van der Waals surface area contributed by atoms with Crippen molar-refractivity contribution in [1.29, 1.82) is 0 Å². The summed E-state index contributed by atoms with van der Waals surface area (Å²) in [7, 11) is 2.12. The van der Waals surface area contributed by atoms with E-state index in [2.05, 4.69) is 57.8 Å². The second-order valence-electron chi connectivity index (χ2n) is 5.03. The Bertz CT molecular complexity index is 675. The van der Waals surface area contributed by atoms with Crippen LogP contribution in [0.2, 0.25) is 0 Å². The van der Waals surface area contributed by atoms with E-state index in [4.69, 9.17) is 0 Å². The van der Waals surface area contributed by atoms with E-state index < -0.39 is 0 Å². The van der Waals surface area contributed by atoms with Gasteiger partial charge in [0, 0.05) is 42.3 Å². The van der Waals surface area contributed by atoms with Crippen molar-refractivity contribution in [2.24, 2.45) is 0 Å². The molecule has 108 valence electrons. The van der Waals surface area contributed by atoms with E-state index in [0.29, 0.717) is 0 Å². The maximum atomic E-state index is 4.44. The third-order valence-corrected chi connectivity index (χ3v) is 4.42. The molecule has 0 saturated carbocycles. The average molecular weight is 298 g/mol. The quantitative estimate of drug-likeness (QED) is 0.722. The van der Waals surface area contributed by atoms with Crippen LogP contribution in [0.1, 0.15) is 24.4 Å². The Kier molecular flexibility index (Phi) is 4.13. The maximum absolute atomic E-state index is 4.44. The van der Waals surface area contributed by atoms with E-state index in [-0.39, 0.29) is 6.04 Å². The van der Waals surface area contributed by atoms with E-state index in [1.807, 2.05) is 29.9 Å². The summed E-state index contributed by atoms with van der Waals surface area (Å²) in [6.07, 6.45) is 5.75. The number of pyridine rings is 1. The number of hydrogen-bond acceptors (Lipinski definition) is 4. The van der Waals surface area contributed by atoms with Crippen molar-refractivity contribution in [3.05, 3.63) is 65.7 Å². The van der Waals surface area contributed by atoms with E-state index in [1.54, 1.807) is 11.3 Å². The van der Waals surface area contributed by atoms with E-state index in [9.17, 15) is 0 Å². The van der Waals surface area contributed by atoms with Crippen LogP contribution in [0.3, 0.4) is 0 Å². The first-order valence-corrected chi connectivity index (χ1v) is 7.81. The van der Waals surface area contributed by atoms with Crippen molar-refractivity contribution >= 4 is 11.3 Å². The van der Waals surface area contributed by atoms with E-state index in [0.717, 1.165) is 17.4 Å². The Hall–Kier alpha value is -1.98. The SMILES string of the molecule is C[C@H](c1ccccn1)N(C)Cc1cccn1-c1nccs1. The first kappa shape index (κ1) is 14.0. The van der Waals surface area contributed by atoms with Gasteiger partial charge in [0.15, 0.2) is 5.13 Å². The first-order valence-electron chi connectivity index (χ1n) is 6.93. The van der Waals surface area contributed by atoms with Crippen LogP contribution in [0.5, 0.6) is 0 Å². The van der Waals surface area contributed by atoms with Gasteiger partial charge in [0.1, 0.15) is 0 Å². The number of hydrogen-bond donors (Lipinski definition) is 0. The molecule has 0 amide bonds. The lowest BCUT2D eigenvalue weighted by Gasteiger charge is -2.24. The third-order valence-electron chi connectivity index (χ3n) is 3.65. The topological polar surface area (TPSA) is 34.0 Å². The molecule has 5 heteroatoms. The molecule has 0 saturated heterocycles. The molecule has 0 radical (unpaired) electrons. The van der Waals surface area contributed by atoms with Gasteiger partial charge in [-0.2, -0.15) is 0 Å². The van der Waals surface area contributed by atoms with Crippen LogP contribution in [0, 0.1) is 0 Å². The highest BCUT2D eigenvalue weighted by molar-refractivity contribution is 7.12. The summed E-state index contributed by atoms with van der Waals surface area (Å²) >= 11 is 1.65. The molecule has 0 bridgehead atoms. The van der Waals surface area contributed by atoms with Crippen LogP contribution in [0.15, 0.2) is 54.3 Å². The molecule has 3 rings (SSSR count). The Morgan fingerprint density at radius 2 is 2.10 bits per heavy atom. The zero-order valence-electron chi connectivity index (χ0n) is 12.2. The molecule has 0 aromatic carbocycles. The van der Waals surface area contributed by atoms with Gasteiger partial charge in [0.05, 0.1) is 5.69 Å². The minimum Gasteiger partial charge on any atom is -0.296 e. The van der Waals surface area contributed by atoms with Gasteiger partial charge < -0.3 is 0 Å². The van der Waals surface area contributed by atoms with Gasteiger partial charge in [0.2, 0.25) is 0 Å². The maximum Gasteiger partial charge on any atom is 0.193 e. The summed E-state index contributed by atoms with van der Waals surface area (Å²) in [5, 5.41) is 3.01. The predicted octanol–water partition coefficient (Wildman–Crippen LogP) is 3.52. The molecule has 21 heavy (non-hydrogen) atoms. The Balaban J connectivity index is 1.77. The lowest BCUT2D eigenvalue weighted by Crippen LogP contribution is -2.23.